The zero-order valence-corrected chi connectivity index (χ0v) is 11.6. The number of hydrogen-bond acceptors (Lipinski definition) is 2. The van der Waals surface area contributed by atoms with Gasteiger partial charge >= 0.3 is 0 Å². The molecule has 0 bridgehead atoms. The Morgan fingerprint density at radius 3 is 2.58 bits per heavy atom. The van der Waals surface area contributed by atoms with Gasteiger partial charge in [-0.05, 0) is 37.5 Å². The van der Waals surface area contributed by atoms with Crippen LogP contribution in [-0.4, -0.2) is 16.4 Å². The fourth-order valence-electron chi connectivity index (χ4n) is 2.44. The van der Waals surface area contributed by atoms with Crippen LogP contribution >= 0.6 is 12.2 Å². The lowest BCUT2D eigenvalue weighted by molar-refractivity contribution is 0.0924. The molecule has 1 fully saturated rings. The van der Waals surface area contributed by atoms with Crippen molar-refractivity contribution >= 4 is 23.1 Å². The van der Waals surface area contributed by atoms with Crippen molar-refractivity contribution < 1.29 is 9.18 Å². The number of benzene rings is 1. The molecule has 1 saturated carbocycles. The van der Waals surface area contributed by atoms with Gasteiger partial charge in [0.2, 0.25) is 0 Å². The Hall–Kier alpha value is -1.49. The summed E-state index contributed by atoms with van der Waals surface area (Å²) in [5.74, 6) is -0.711. The van der Waals surface area contributed by atoms with Gasteiger partial charge in [0.05, 0.1) is 10.5 Å². The number of carbonyl (C=O) groups is 1. The number of nitrogens with one attached hydrogen (secondary N) is 1. The van der Waals surface area contributed by atoms with Crippen molar-refractivity contribution in [3.63, 3.8) is 0 Å². The van der Waals surface area contributed by atoms with E-state index >= 15 is 0 Å². The van der Waals surface area contributed by atoms with Crippen LogP contribution in [0.3, 0.4) is 0 Å². The van der Waals surface area contributed by atoms with E-state index in [1.54, 1.807) is 19.1 Å². The van der Waals surface area contributed by atoms with E-state index in [9.17, 15) is 9.18 Å². The smallest absolute Gasteiger partial charge is 0.252 e. The molecule has 1 aliphatic carbocycles. The largest absolute Gasteiger partial charge is 0.391 e. The van der Waals surface area contributed by atoms with Crippen LogP contribution in [0.2, 0.25) is 0 Å². The molecule has 102 valence electrons. The zero-order chi connectivity index (χ0) is 14.0. The van der Waals surface area contributed by atoms with Crippen molar-refractivity contribution in [3.05, 3.63) is 35.1 Å². The number of hydrogen-bond donors (Lipinski definition) is 2. The second kappa shape index (κ2) is 5.25. The predicted molar refractivity (Wildman–Crippen MR) is 76.6 cm³/mol. The molecule has 0 aliphatic heterocycles. The second-order valence-corrected chi connectivity index (χ2v) is 5.51. The first-order valence-corrected chi connectivity index (χ1v) is 6.74. The van der Waals surface area contributed by atoms with Gasteiger partial charge in [-0.25, -0.2) is 4.39 Å². The van der Waals surface area contributed by atoms with Crippen molar-refractivity contribution in [3.8, 4) is 0 Å². The van der Waals surface area contributed by atoms with Crippen LogP contribution in [0.25, 0.3) is 0 Å². The minimum absolute atomic E-state index is 0.297. The Morgan fingerprint density at radius 2 is 2.05 bits per heavy atom. The number of nitrogens with two attached hydrogens (primary N) is 1. The van der Waals surface area contributed by atoms with Gasteiger partial charge in [0.15, 0.2) is 0 Å². The number of amides is 1. The Kier molecular flexibility index (Phi) is 3.85. The van der Waals surface area contributed by atoms with Crippen LogP contribution in [0.4, 0.5) is 4.39 Å². The van der Waals surface area contributed by atoms with Gasteiger partial charge < -0.3 is 11.1 Å². The minimum atomic E-state index is -0.603. The lowest BCUT2D eigenvalue weighted by atomic mass is 9.97. The Morgan fingerprint density at radius 1 is 1.42 bits per heavy atom. The molecule has 1 aromatic carbocycles. The summed E-state index contributed by atoms with van der Waals surface area (Å²) in [6.07, 6.45) is 3.48. The van der Waals surface area contributed by atoms with Gasteiger partial charge in [0.25, 0.3) is 5.91 Å². The molecule has 0 heterocycles. The lowest BCUT2D eigenvalue weighted by Gasteiger charge is -2.29. The third kappa shape index (κ3) is 2.76. The monoisotopic (exact) mass is 280 g/mol. The van der Waals surface area contributed by atoms with Gasteiger partial charge in [-0.1, -0.05) is 31.1 Å². The molecule has 1 amide bonds. The van der Waals surface area contributed by atoms with Crippen molar-refractivity contribution in [2.75, 3.05) is 0 Å². The molecule has 19 heavy (non-hydrogen) atoms. The third-order valence-corrected chi connectivity index (χ3v) is 4.11. The summed E-state index contributed by atoms with van der Waals surface area (Å²) >= 11 is 5.07. The van der Waals surface area contributed by atoms with Crippen molar-refractivity contribution in [2.45, 2.75) is 38.1 Å². The summed E-state index contributed by atoms with van der Waals surface area (Å²) in [6.45, 7) is 1.66. The van der Waals surface area contributed by atoms with Crippen LogP contribution in [-0.2, 0) is 0 Å². The highest BCUT2D eigenvalue weighted by Crippen LogP contribution is 2.30. The van der Waals surface area contributed by atoms with E-state index in [4.69, 9.17) is 18.0 Å². The van der Waals surface area contributed by atoms with Gasteiger partial charge in [0.1, 0.15) is 5.82 Å². The predicted octanol–water partition coefficient (Wildman–Crippen LogP) is 2.46. The number of halogens is 1. The van der Waals surface area contributed by atoms with Crippen LogP contribution < -0.4 is 11.1 Å². The van der Waals surface area contributed by atoms with Crippen molar-refractivity contribution in [1.82, 2.24) is 5.32 Å². The summed E-state index contributed by atoms with van der Waals surface area (Å²) in [6, 6.07) is 4.44. The van der Waals surface area contributed by atoms with E-state index < -0.39 is 5.54 Å². The average molecular weight is 280 g/mol. The van der Waals surface area contributed by atoms with Gasteiger partial charge in [-0.3, -0.25) is 4.79 Å². The topological polar surface area (TPSA) is 55.1 Å². The molecular weight excluding hydrogens is 263 g/mol. The number of rotatable bonds is 3. The molecule has 2 rings (SSSR count). The molecule has 0 radical (unpaired) electrons. The first-order valence-electron chi connectivity index (χ1n) is 6.33. The first-order chi connectivity index (χ1) is 8.94. The summed E-state index contributed by atoms with van der Waals surface area (Å²) in [4.78, 5) is 12.5. The summed E-state index contributed by atoms with van der Waals surface area (Å²) in [7, 11) is 0. The first kappa shape index (κ1) is 13.9. The maximum atomic E-state index is 13.5. The van der Waals surface area contributed by atoms with E-state index in [-0.39, 0.29) is 11.7 Å². The van der Waals surface area contributed by atoms with Crippen molar-refractivity contribution in [2.24, 2.45) is 5.73 Å². The normalized spacial score (nSPS) is 17.2. The molecule has 3 N–H and O–H groups in total. The zero-order valence-electron chi connectivity index (χ0n) is 10.8. The van der Waals surface area contributed by atoms with Crippen LogP contribution in [0.5, 0.6) is 0 Å². The highest BCUT2D eigenvalue weighted by Gasteiger charge is 2.38. The molecule has 1 aliphatic rings. The Labute approximate surface area is 117 Å². The van der Waals surface area contributed by atoms with Crippen LogP contribution in [0.1, 0.15) is 41.6 Å². The van der Waals surface area contributed by atoms with E-state index in [1.807, 2.05) is 0 Å². The number of aryl methyl sites for hydroxylation is 1. The van der Waals surface area contributed by atoms with E-state index in [1.165, 1.54) is 6.07 Å². The van der Waals surface area contributed by atoms with E-state index in [0.29, 0.717) is 16.1 Å². The van der Waals surface area contributed by atoms with E-state index in [0.717, 1.165) is 25.7 Å². The third-order valence-electron chi connectivity index (χ3n) is 3.72. The fourth-order valence-corrected chi connectivity index (χ4v) is 2.69. The highest BCUT2D eigenvalue weighted by molar-refractivity contribution is 7.80. The van der Waals surface area contributed by atoms with Crippen molar-refractivity contribution in [1.29, 1.82) is 0 Å². The molecule has 3 nitrogen and oxygen atoms in total. The fraction of sp³-hybridized carbons (Fsp3) is 0.429. The molecule has 5 heteroatoms. The van der Waals surface area contributed by atoms with E-state index in [2.05, 4.69) is 5.32 Å². The summed E-state index contributed by atoms with van der Waals surface area (Å²) in [5.41, 5.74) is 5.96. The van der Waals surface area contributed by atoms with Gasteiger partial charge in [-0.2, -0.15) is 0 Å². The van der Waals surface area contributed by atoms with Crippen LogP contribution in [0, 0.1) is 12.7 Å². The molecule has 0 spiro atoms. The average Bonchev–Trinajstić information content (AvgIpc) is 2.82. The highest BCUT2D eigenvalue weighted by atomic mass is 32.1. The van der Waals surface area contributed by atoms with Crippen LogP contribution in [0.15, 0.2) is 18.2 Å². The maximum Gasteiger partial charge on any atom is 0.252 e. The van der Waals surface area contributed by atoms with Gasteiger partial charge in [0, 0.05) is 5.56 Å². The summed E-state index contributed by atoms with van der Waals surface area (Å²) < 4.78 is 13.5. The maximum absolute atomic E-state index is 13.5. The van der Waals surface area contributed by atoms with Gasteiger partial charge in [-0.15, -0.1) is 0 Å². The Bertz CT molecular complexity index is 524. The minimum Gasteiger partial charge on any atom is -0.391 e. The SMILES string of the molecule is Cc1ccc(C(=O)NC2(C(N)=S)CCCC2)cc1F. The molecule has 0 atom stereocenters. The second-order valence-electron chi connectivity index (χ2n) is 5.07. The molecule has 0 unspecified atom stereocenters. The Balaban J connectivity index is 2.20. The molecule has 0 aromatic heterocycles. The standard InChI is InChI=1S/C14H17FN2OS/c1-9-4-5-10(8-11(9)15)12(18)17-14(13(16)19)6-2-3-7-14/h4-5,8H,2-3,6-7H2,1H3,(H2,16,19)(H,17,18). The summed E-state index contributed by atoms with van der Waals surface area (Å²) in [5, 5.41) is 2.88. The molecule has 0 saturated heterocycles. The number of thiocarbonyl (C=S) groups is 1. The molecule has 1 aromatic rings. The quantitative estimate of drug-likeness (QED) is 0.836. The number of carbonyl (C=O) groups excluding carboxylic acids is 1. The lowest BCUT2D eigenvalue weighted by Crippen LogP contribution is -2.54. The molecular formula is C14H17FN2OS.